The Morgan fingerprint density at radius 2 is 2.00 bits per heavy atom. The minimum atomic E-state index is -3.97. The fourth-order valence-corrected chi connectivity index (χ4v) is 3.10. The van der Waals surface area contributed by atoms with Crippen molar-refractivity contribution in [1.82, 2.24) is 5.32 Å². The molecule has 0 atom stereocenters. The van der Waals surface area contributed by atoms with Gasteiger partial charge in [-0.15, -0.1) is 0 Å². The Kier molecular flexibility index (Phi) is 6.46. The molecule has 118 valence electrons. The first-order valence-electron chi connectivity index (χ1n) is 6.27. The van der Waals surface area contributed by atoms with Gasteiger partial charge >= 0.3 is 0 Å². The number of rotatable bonds is 6. The highest BCUT2D eigenvalue weighted by Crippen LogP contribution is 2.27. The molecule has 0 spiro atoms. The molecular weight excluding hydrogens is 337 g/mol. The van der Waals surface area contributed by atoms with E-state index in [2.05, 4.69) is 5.32 Å². The van der Waals surface area contributed by atoms with Crippen LogP contribution in [0.3, 0.4) is 0 Å². The van der Waals surface area contributed by atoms with E-state index in [4.69, 9.17) is 27.0 Å². The summed E-state index contributed by atoms with van der Waals surface area (Å²) in [6.07, 6.45) is 0.0729. The predicted octanol–water partition coefficient (Wildman–Crippen LogP) is 2.73. The number of hydrogen-bond acceptors (Lipinski definition) is 4. The molecule has 1 aromatic rings. The van der Waals surface area contributed by atoms with Gasteiger partial charge in [0.05, 0.1) is 17.6 Å². The second kappa shape index (κ2) is 7.45. The molecule has 1 rings (SSSR count). The minimum Gasteiger partial charge on any atom is -0.377 e. The first kappa shape index (κ1) is 18.2. The lowest BCUT2D eigenvalue weighted by Gasteiger charge is -2.11. The van der Waals surface area contributed by atoms with Crippen LogP contribution in [0.15, 0.2) is 17.0 Å². The van der Waals surface area contributed by atoms with E-state index in [1.165, 1.54) is 19.1 Å². The number of amides is 1. The largest absolute Gasteiger partial charge is 0.377 e. The molecule has 0 aliphatic heterocycles. The van der Waals surface area contributed by atoms with Crippen LogP contribution in [0, 0.1) is 6.92 Å². The van der Waals surface area contributed by atoms with Crippen LogP contribution in [-0.2, 0) is 13.8 Å². The van der Waals surface area contributed by atoms with Crippen molar-refractivity contribution >= 4 is 37.2 Å². The Bertz CT molecular complexity index is 629. The Morgan fingerprint density at radius 3 is 2.52 bits per heavy atom. The van der Waals surface area contributed by atoms with Gasteiger partial charge in [0.2, 0.25) is 0 Å². The molecule has 0 saturated carbocycles. The van der Waals surface area contributed by atoms with Crippen LogP contribution in [0.5, 0.6) is 0 Å². The standard InChI is InChI=1S/C13H17Cl2NO4S/c1-8(2)20-5-4-16-13(17)10-6-11(14)9(3)12(7-10)21(15,18)19/h6-8H,4-5H2,1-3H3,(H,16,17). The summed E-state index contributed by atoms with van der Waals surface area (Å²) >= 11 is 5.94. The van der Waals surface area contributed by atoms with Crippen molar-refractivity contribution in [2.24, 2.45) is 0 Å². The molecule has 0 aliphatic carbocycles. The van der Waals surface area contributed by atoms with Crippen molar-refractivity contribution in [1.29, 1.82) is 0 Å². The van der Waals surface area contributed by atoms with E-state index in [1.54, 1.807) is 0 Å². The highest BCUT2D eigenvalue weighted by molar-refractivity contribution is 8.13. The molecule has 8 heteroatoms. The van der Waals surface area contributed by atoms with E-state index < -0.39 is 15.0 Å². The number of ether oxygens (including phenoxy) is 1. The summed E-state index contributed by atoms with van der Waals surface area (Å²) < 4.78 is 28.2. The molecular formula is C13H17Cl2NO4S. The molecule has 0 bridgehead atoms. The average Bonchev–Trinajstić information content (AvgIpc) is 2.35. The fraction of sp³-hybridized carbons (Fsp3) is 0.462. The van der Waals surface area contributed by atoms with Crippen LogP contribution >= 0.6 is 22.3 Å². The van der Waals surface area contributed by atoms with Crippen molar-refractivity contribution in [3.63, 3.8) is 0 Å². The molecule has 21 heavy (non-hydrogen) atoms. The topological polar surface area (TPSA) is 72.5 Å². The van der Waals surface area contributed by atoms with Crippen molar-refractivity contribution in [3.8, 4) is 0 Å². The van der Waals surface area contributed by atoms with Crippen molar-refractivity contribution in [3.05, 3.63) is 28.3 Å². The van der Waals surface area contributed by atoms with Gasteiger partial charge in [-0.3, -0.25) is 4.79 Å². The van der Waals surface area contributed by atoms with Gasteiger partial charge in [-0.2, -0.15) is 0 Å². The second-order valence-electron chi connectivity index (χ2n) is 4.69. The van der Waals surface area contributed by atoms with E-state index in [0.717, 1.165) is 0 Å². The molecule has 0 saturated heterocycles. The summed E-state index contributed by atoms with van der Waals surface area (Å²) in [5, 5.41) is 2.79. The second-order valence-corrected chi connectivity index (χ2v) is 7.64. The molecule has 0 fully saturated rings. The number of benzene rings is 1. The Labute approximate surface area is 134 Å². The van der Waals surface area contributed by atoms with Gasteiger partial charge in [-0.25, -0.2) is 8.42 Å². The first-order chi connectivity index (χ1) is 9.62. The highest BCUT2D eigenvalue weighted by Gasteiger charge is 2.19. The van der Waals surface area contributed by atoms with Crippen molar-refractivity contribution in [2.75, 3.05) is 13.2 Å². The third kappa shape index (κ3) is 5.47. The summed E-state index contributed by atoms with van der Waals surface area (Å²) in [4.78, 5) is 11.8. The third-order valence-electron chi connectivity index (χ3n) is 2.66. The monoisotopic (exact) mass is 353 g/mol. The molecule has 0 heterocycles. The van der Waals surface area contributed by atoms with E-state index >= 15 is 0 Å². The number of nitrogens with one attached hydrogen (secondary N) is 1. The molecule has 1 N–H and O–H groups in total. The van der Waals surface area contributed by atoms with Gasteiger partial charge in [-0.05, 0) is 38.5 Å². The lowest BCUT2D eigenvalue weighted by Crippen LogP contribution is -2.28. The summed E-state index contributed by atoms with van der Waals surface area (Å²) in [6.45, 7) is 5.98. The predicted molar refractivity (Wildman–Crippen MR) is 82.6 cm³/mol. The van der Waals surface area contributed by atoms with Crippen LogP contribution in [0.1, 0.15) is 29.8 Å². The van der Waals surface area contributed by atoms with Crippen LogP contribution in [-0.4, -0.2) is 33.6 Å². The van der Waals surface area contributed by atoms with Gasteiger partial charge in [0.1, 0.15) is 0 Å². The number of carbonyl (C=O) groups excluding carboxylic acids is 1. The lowest BCUT2D eigenvalue weighted by molar-refractivity contribution is 0.0746. The van der Waals surface area contributed by atoms with Crippen LogP contribution < -0.4 is 5.32 Å². The van der Waals surface area contributed by atoms with E-state index in [0.29, 0.717) is 18.7 Å². The van der Waals surface area contributed by atoms with E-state index in [1.807, 2.05) is 13.8 Å². The molecule has 1 amide bonds. The Morgan fingerprint density at radius 1 is 1.38 bits per heavy atom. The zero-order valence-electron chi connectivity index (χ0n) is 11.9. The third-order valence-corrected chi connectivity index (χ3v) is 4.50. The summed E-state index contributed by atoms with van der Waals surface area (Å²) in [7, 11) is 1.37. The normalized spacial score (nSPS) is 11.7. The molecule has 0 aliphatic rings. The molecule has 5 nitrogen and oxygen atoms in total. The maximum absolute atomic E-state index is 12.0. The number of carbonyl (C=O) groups is 1. The quantitative estimate of drug-likeness (QED) is 0.630. The zero-order chi connectivity index (χ0) is 16.2. The van der Waals surface area contributed by atoms with E-state index in [9.17, 15) is 13.2 Å². The van der Waals surface area contributed by atoms with Crippen LogP contribution in [0.25, 0.3) is 0 Å². The zero-order valence-corrected chi connectivity index (χ0v) is 14.3. The van der Waals surface area contributed by atoms with Gasteiger partial charge in [-0.1, -0.05) is 11.6 Å². The van der Waals surface area contributed by atoms with Gasteiger partial charge in [0, 0.05) is 27.8 Å². The number of halogens is 2. The van der Waals surface area contributed by atoms with Crippen molar-refractivity contribution < 1.29 is 17.9 Å². The van der Waals surface area contributed by atoms with Crippen LogP contribution in [0.4, 0.5) is 0 Å². The number of hydrogen-bond donors (Lipinski definition) is 1. The van der Waals surface area contributed by atoms with Crippen LogP contribution in [0.2, 0.25) is 5.02 Å². The van der Waals surface area contributed by atoms with Gasteiger partial charge < -0.3 is 10.1 Å². The minimum absolute atomic E-state index is 0.0729. The summed E-state index contributed by atoms with van der Waals surface area (Å²) in [5.41, 5.74) is 0.445. The van der Waals surface area contributed by atoms with Gasteiger partial charge in [0.15, 0.2) is 0 Å². The lowest BCUT2D eigenvalue weighted by atomic mass is 10.1. The summed E-state index contributed by atoms with van der Waals surface area (Å²) in [6, 6.07) is 2.61. The smallest absolute Gasteiger partial charge is 0.261 e. The first-order valence-corrected chi connectivity index (χ1v) is 8.96. The molecule has 0 aromatic heterocycles. The molecule has 1 aromatic carbocycles. The average molecular weight is 354 g/mol. The maximum Gasteiger partial charge on any atom is 0.261 e. The highest BCUT2D eigenvalue weighted by atomic mass is 35.7. The molecule has 0 radical (unpaired) electrons. The SMILES string of the molecule is Cc1c(Cl)cc(C(=O)NCCOC(C)C)cc1S(=O)(=O)Cl. The van der Waals surface area contributed by atoms with Gasteiger partial charge in [0.25, 0.3) is 15.0 Å². The Hall–Kier alpha value is -0.820. The van der Waals surface area contributed by atoms with E-state index in [-0.39, 0.29) is 21.6 Å². The maximum atomic E-state index is 12.0. The summed E-state index contributed by atoms with van der Waals surface area (Å²) in [5.74, 6) is -0.439. The fourth-order valence-electron chi connectivity index (χ4n) is 1.60. The van der Waals surface area contributed by atoms with Crippen molar-refractivity contribution in [2.45, 2.75) is 31.8 Å². The Balaban J connectivity index is 2.89. The molecule has 0 unspecified atom stereocenters.